The number of hydrogen-bond acceptors (Lipinski definition) is 4. The van der Waals surface area contributed by atoms with Crippen LogP contribution >= 0.6 is 0 Å². The Morgan fingerprint density at radius 3 is 2.13 bits per heavy atom. The standard InChI is InChI=1S/C24H21N3O4/c1-15-4-7-18(8-5-15)27-23(29)21(22(28)25-24(27)30)14-19-9-6-16(2)26(19)17-10-12-20(31-3)13-11-17/h4-14H,1-3H3,(H,25,28,30)/b21-14+. The molecule has 1 aliphatic rings. The number of rotatable bonds is 4. The molecule has 1 aliphatic heterocycles. The molecule has 1 N–H and O–H groups in total. The first kappa shape index (κ1) is 20.2. The average Bonchev–Trinajstić information content (AvgIpc) is 3.12. The molecule has 3 aromatic rings. The number of anilines is 1. The predicted octanol–water partition coefficient (Wildman–Crippen LogP) is 3.77. The molecule has 0 radical (unpaired) electrons. The van der Waals surface area contributed by atoms with E-state index in [4.69, 9.17) is 4.74 Å². The Bertz CT molecular complexity index is 1200. The van der Waals surface area contributed by atoms with E-state index in [2.05, 4.69) is 5.32 Å². The van der Waals surface area contributed by atoms with E-state index in [-0.39, 0.29) is 5.57 Å². The third-order valence-electron chi connectivity index (χ3n) is 5.12. The molecule has 0 unspecified atom stereocenters. The number of urea groups is 1. The van der Waals surface area contributed by atoms with Crippen molar-refractivity contribution in [3.05, 3.63) is 83.2 Å². The number of ether oxygens (including phenoxy) is 1. The zero-order valence-electron chi connectivity index (χ0n) is 17.4. The van der Waals surface area contributed by atoms with Gasteiger partial charge in [0.15, 0.2) is 0 Å². The van der Waals surface area contributed by atoms with E-state index in [1.54, 1.807) is 31.4 Å². The van der Waals surface area contributed by atoms with Crippen LogP contribution in [0.1, 0.15) is 17.0 Å². The van der Waals surface area contributed by atoms with E-state index in [0.717, 1.165) is 27.6 Å². The van der Waals surface area contributed by atoms with Gasteiger partial charge in [-0.3, -0.25) is 14.9 Å². The average molecular weight is 415 g/mol. The second-order valence-corrected chi connectivity index (χ2v) is 7.23. The van der Waals surface area contributed by atoms with E-state index in [1.807, 2.05) is 54.8 Å². The number of barbiturate groups is 1. The van der Waals surface area contributed by atoms with Gasteiger partial charge in [0, 0.05) is 17.1 Å². The molecule has 1 aromatic heterocycles. The van der Waals surface area contributed by atoms with Gasteiger partial charge < -0.3 is 9.30 Å². The van der Waals surface area contributed by atoms with Gasteiger partial charge in [-0.25, -0.2) is 9.69 Å². The third kappa shape index (κ3) is 3.73. The first-order valence-corrected chi connectivity index (χ1v) is 9.70. The Labute approximate surface area is 179 Å². The summed E-state index contributed by atoms with van der Waals surface area (Å²) in [6.07, 6.45) is 1.50. The molecule has 4 amide bonds. The van der Waals surface area contributed by atoms with Crippen LogP contribution in [0.5, 0.6) is 5.75 Å². The fourth-order valence-corrected chi connectivity index (χ4v) is 3.49. The Hall–Kier alpha value is -4.13. The number of amides is 4. The number of carbonyl (C=O) groups is 3. The molecule has 1 fully saturated rings. The van der Waals surface area contributed by atoms with Gasteiger partial charge in [0.25, 0.3) is 11.8 Å². The van der Waals surface area contributed by atoms with Gasteiger partial charge in [-0.2, -0.15) is 0 Å². The van der Waals surface area contributed by atoms with Crippen molar-refractivity contribution in [2.24, 2.45) is 0 Å². The van der Waals surface area contributed by atoms with Crippen LogP contribution in [-0.2, 0) is 9.59 Å². The van der Waals surface area contributed by atoms with E-state index in [1.165, 1.54) is 6.08 Å². The minimum atomic E-state index is -0.766. The topological polar surface area (TPSA) is 80.6 Å². The second-order valence-electron chi connectivity index (χ2n) is 7.23. The van der Waals surface area contributed by atoms with Gasteiger partial charge >= 0.3 is 6.03 Å². The summed E-state index contributed by atoms with van der Waals surface area (Å²) in [5.74, 6) is -0.668. The summed E-state index contributed by atoms with van der Waals surface area (Å²) in [7, 11) is 1.60. The number of aromatic nitrogens is 1. The van der Waals surface area contributed by atoms with Crippen LogP contribution in [0.3, 0.4) is 0 Å². The van der Waals surface area contributed by atoms with Crippen LogP contribution in [0.25, 0.3) is 11.8 Å². The molecule has 156 valence electrons. The van der Waals surface area contributed by atoms with Crippen molar-refractivity contribution in [3.63, 3.8) is 0 Å². The van der Waals surface area contributed by atoms with Crippen molar-refractivity contribution in [1.82, 2.24) is 9.88 Å². The van der Waals surface area contributed by atoms with Crippen LogP contribution in [0.4, 0.5) is 10.5 Å². The SMILES string of the molecule is COc1ccc(-n2c(C)ccc2/C=C2\C(=O)NC(=O)N(c3ccc(C)cc3)C2=O)cc1. The highest BCUT2D eigenvalue weighted by Crippen LogP contribution is 2.25. The molecule has 2 heterocycles. The van der Waals surface area contributed by atoms with Crippen molar-refractivity contribution < 1.29 is 19.1 Å². The van der Waals surface area contributed by atoms with E-state index < -0.39 is 17.8 Å². The van der Waals surface area contributed by atoms with E-state index in [0.29, 0.717) is 11.4 Å². The molecule has 1 saturated heterocycles. The normalized spacial score (nSPS) is 15.4. The fourth-order valence-electron chi connectivity index (χ4n) is 3.49. The largest absolute Gasteiger partial charge is 0.497 e. The highest BCUT2D eigenvalue weighted by atomic mass is 16.5. The minimum absolute atomic E-state index is 0.118. The molecule has 0 bridgehead atoms. The second kappa shape index (κ2) is 7.95. The first-order chi connectivity index (χ1) is 14.9. The smallest absolute Gasteiger partial charge is 0.335 e. The van der Waals surface area contributed by atoms with Gasteiger partial charge in [-0.1, -0.05) is 17.7 Å². The lowest BCUT2D eigenvalue weighted by Crippen LogP contribution is -2.54. The highest BCUT2D eigenvalue weighted by Gasteiger charge is 2.37. The molecule has 7 heteroatoms. The van der Waals surface area contributed by atoms with Gasteiger partial charge in [0.1, 0.15) is 11.3 Å². The van der Waals surface area contributed by atoms with Gasteiger partial charge in [0.2, 0.25) is 0 Å². The highest BCUT2D eigenvalue weighted by molar-refractivity contribution is 6.39. The maximum Gasteiger partial charge on any atom is 0.335 e. The van der Waals surface area contributed by atoms with Crippen molar-refractivity contribution in [3.8, 4) is 11.4 Å². The maximum absolute atomic E-state index is 13.1. The lowest BCUT2D eigenvalue weighted by molar-refractivity contribution is -0.122. The molecule has 0 atom stereocenters. The Morgan fingerprint density at radius 1 is 0.839 bits per heavy atom. The molecular formula is C24H21N3O4. The Kier molecular flexibility index (Phi) is 5.17. The van der Waals surface area contributed by atoms with E-state index in [9.17, 15) is 14.4 Å². The summed E-state index contributed by atoms with van der Waals surface area (Å²) >= 11 is 0. The molecule has 31 heavy (non-hydrogen) atoms. The summed E-state index contributed by atoms with van der Waals surface area (Å²) in [4.78, 5) is 39.0. The number of methoxy groups -OCH3 is 1. The minimum Gasteiger partial charge on any atom is -0.497 e. The Balaban J connectivity index is 1.75. The fraction of sp³-hybridized carbons (Fsp3) is 0.125. The molecule has 0 saturated carbocycles. The van der Waals surface area contributed by atoms with Gasteiger partial charge in [-0.05, 0) is 68.5 Å². The summed E-state index contributed by atoms with van der Waals surface area (Å²) in [5.41, 5.74) is 3.69. The van der Waals surface area contributed by atoms with Crippen LogP contribution in [0.15, 0.2) is 66.2 Å². The van der Waals surface area contributed by atoms with Crippen LogP contribution in [-0.4, -0.2) is 29.5 Å². The zero-order chi connectivity index (χ0) is 22.1. The summed E-state index contributed by atoms with van der Waals surface area (Å²) in [6.45, 7) is 3.84. The third-order valence-corrected chi connectivity index (χ3v) is 5.12. The predicted molar refractivity (Wildman–Crippen MR) is 117 cm³/mol. The molecule has 0 spiro atoms. The quantitative estimate of drug-likeness (QED) is 0.520. The van der Waals surface area contributed by atoms with Crippen LogP contribution in [0.2, 0.25) is 0 Å². The molecule has 7 nitrogen and oxygen atoms in total. The van der Waals surface area contributed by atoms with Crippen molar-refractivity contribution in [2.45, 2.75) is 13.8 Å². The summed E-state index contributed by atoms with van der Waals surface area (Å²) in [5, 5.41) is 2.26. The monoisotopic (exact) mass is 415 g/mol. The number of nitrogens with one attached hydrogen (secondary N) is 1. The van der Waals surface area contributed by atoms with Gasteiger partial charge in [0.05, 0.1) is 12.8 Å². The number of aryl methyl sites for hydroxylation is 2. The van der Waals surface area contributed by atoms with E-state index >= 15 is 0 Å². The first-order valence-electron chi connectivity index (χ1n) is 9.70. The zero-order valence-corrected chi connectivity index (χ0v) is 17.4. The van der Waals surface area contributed by atoms with Crippen LogP contribution in [0, 0.1) is 13.8 Å². The van der Waals surface area contributed by atoms with Crippen molar-refractivity contribution in [2.75, 3.05) is 12.0 Å². The molecule has 2 aromatic carbocycles. The summed E-state index contributed by atoms with van der Waals surface area (Å²) in [6, 6.07) is 17.3. The maximum atomic E-state index is 13.1. The number of benzene rings is 2. The van der Waals surface area contributed by atoms with Crippen molar-refractivity contribution in [1.29, 1.82) is 0 Å². The molecular weight excluding hydrogens is 394 g/mol. The van der Waals surface area contributed by atoms with Crippen molar-refractivity contribution >= 4 is 29.6 Å². The number of imide groups is 2. The summed E-state index contributed by atoms with van der Waals surface area (Å²) < 4.78 is 7.13. The van der Waals surface area contributed by atoms with Crippen LogP contribution < -0.4 is 15.0 Å². The Morgan fingerprint density at radius 2 is 1.48 bits per heavy atom. The lowest BCUT2D eigenvalue weighted by atomic mass is 10.1. The number of hydrogen-bond donors (Lipinski definition) is 1. The lowest BCUT2D eigenvalue weighted by Gasteiger charge is -2.26. The van der Waals surface area contributed by atoms with Gasteiger partial charge in [-0.15, -0.1) is 0 Å². The molecule has 4 rings (SSSR count). The number of nitrogens with zero attached hydrogens (tertiary/aromatic N) is 2. The number of carbonyl (C=O) groups excluding carboxylic acids is 3. The molecule has 0 aliphatic carbocycles.